The molecule has 1 aliphatic heterocycles. The van der Waals surface area contributed by atoms with Crippen LogP contribution in [0.2, 0.25) is 0 Å². The number of benzene rings is 1. The van der Waals surface area contributed by atoms with Crippen molar-refractivity contribution in [2.24, 2.45) is 0 Å². The van der Waals surface area contributed by atoms with Gasteiger partial charge in [0, 0.05) is 37.4 Å². The Bertz CT molecular complexity index is 693. The van der Waals surface area contributed by atoms with Crippen LogP contribution in [0.25, 0.3) is 0 Å². The number of likely N-dealkylation sites (tertiary alicyclic amines) is 1. The smallest absolute Gasteiger partial charge is 0.267 e. The van der Waals surface area contributed by atoms with Crippen molar-refractivity contribution < 1.29 is 9.59 Å². The number of aromatic nitrogens is 1. The molecule has 5 heteroatoms. The molecule has 1 fully saturated rings. The highest BCUT2D eigenvalue weighted by molar-refractivity contribution is 5.99. The van der Waals surface area contributed by atoms with Crippen molar-refractivity contribution in [1.29, 1.82) is 0 Å². The second-order valence-electron chi connectivity index (χ2n) is 6.04. The van der Waals surface area contributed by atoms with Gasteiger partial charge < -0.3 is 10.3 Å². The summed E-state index contributed by atoms with van der Waals surface area (Å²) in [6.07, 6.45) is 2.52. The summed E-state index contributed by atoms with van der Waals surface area (Å²) in [4.78, 5) is 28.7. The van der Waals surface area contributed by atoms with Crippen LogP contribution < -0.4 is 5.32 Å². The third-order valence-electron chi connectivity index (χ3n) is 4.19. The number of amides is 1. The molecule has 2 aromatic rings. The van der Waals surface area contributed by atoms with E-state index < -0.39 is 0 Å². The molecule has 120 valence electrons. The van der Waals surface area contributed by atoms with Gasteiger partial charge >= 0.3 is 0 Å². The predicted molar refractivity (Wildman–Crippen MR) is 88.4 cm³/mol. The SMILES string of the molecule is CC(=O)c1c[nH]c(C(=O)NC2CCN(Cc3ccccc3)C2)c1. The summed E-state index contributed by atoms with van der Waals surface area (Å²) in [6, 6.07) is 12.1. The maximum atomic E-state index is 12.2. The zero-order chi connectivity index (χ0) is 16.2. The molecule has 2 heterocycles. The van der Waals surface area contributed by atoms with Crippen molar-refractivity contribution in [3.05, 3.63) is 59.4 Å². The zero-order valence-corrected chi connectivity index (χ0v) is 13.2. The van der Waals surface area contributed by atoms with Gasteiger partial charge in [-0.15, -0.1) is 0 Å². The monoisotopic (exact) mass is 311 g/mol. The second kappa shape index (κ2) is 6.79. The van der Waals surface area contributed by atoms with Crippen molar-refractivity contribution >= 4 is 11.7 Å². The lowest BCUT2D eigenvalue weighted by atomic mass is 10.2. The fraction of sp³-hybridized carbons (Fsp3) is 0.333. The molecule has 0 bridgehead atoms. The lowest BCUT2D eigenvalue weighted by molar-refractivity contribution is 0.0933. The molecule has 1 unspecified atom stereocenters. The van der Waals surface area contributed by atoms with Crippen LogP contribution in [-0.4, -0.2) is 40.7 Å². The average molecular weight is 311 g/mol. The molecule has 1 saturated heterocycles. The van der Waals surface area contributed by atoms with E-state index in [1.807, 2.05) is 18.2 Å². The predicted octanol–water partition coefficient (Wildman–Crippen LogP) is 2.22. The summed E-state index contributed by atoms with van der Waals surface area (Å²) in [5.74, 6) is -0.195. The molecule has 23 heavy (non-hydrogen) atoms. The lowest BCUT2D eigenvalue weighted by Crippen LogP contribution is -2.37. The summed E-state index contributed by atoms with van der Waals surface area (Å²) in [6.45, 7) is 4.22. The summed E-state index contributed by atoms with van der Waals surface area (Å²) >= 11 is 0. The van der Waals surface area contributed by atoms with Crippen LogP contribution in [0, 0.1) is 0 Å². The number of carbonyl (C=O) groups is 2. The molecule has 1 aliphatic rings. The van der Waals surface area contributed by atoms with E-state index in [4.69, 9.17) is 0 Å². The minimum absolute atomic E-state index is 0.0461. The van der Waals surface area contributed by atoms with Gasteiger partial charge in [0.1, 0.15) is 5.69 Å². The van der Waals surface area contributed by atoms with Gasteiger partial charge in [-0.25, -0.2) is 0 Å². The van der Waals surface area contributed by atoms with E-state index in [0.29, 0.717) is 11.3 Å². The van der Waals surface area contributed by atoms with Crippen LogP contribution in [0.5, 0.6) is 0 Å². The Morgan fingerprint density at radius 2 is 2.09 bits per heavy atom. The van der Waals surface area contributed by atoms with E-state index in [1.165, 1.54) is 12.5 Å². The fourth-order valence-electron chi connectivity index (χ4n) is 2.93. The Labute approximate surface area is 135 Å². The van der Waals surface area contributed by atoms with Gasteiger partial charge in [-0.05, 0) is 25.0 Å². The summed E-state index contributed by atoms with van der Waals surface area (Å²) in [7, 11) is 0. The first-order valence-corrected chi connectivity index (χ1v) is 7.88. The van der Waals surface area contributed by atoms with Crippen LogP contribution in [0.1, 0.15) is 39.8 Å². The van der Waals surface area contributed by atoms with Gasteiger partial charge in [0.25, 0.3) is 5.91 Å². The normalized spacial score (nSPS) is 18.0. The van der Waals surface area contributed by atoms with Gasteiger partial charge in [0.15, 0.2) is 5.78 Å². The van der Waals surface area contributed by atoms with Crippen LogP contribution >= 0.6 is 0 Å². The molecular weight excluding hydrogens is 290 g/mol. The zero-order valence-electron chi connectivity index (χ0n) is 13.2. The number of Topliss-reactive ketones (excluding diaryl/α,β-unsaturated/α-hetero) is 1. The van der Waals surface area contributed by atoms with Gasteiger partial charge in [-0.3, -0.25) is 14.5 Å². The average Bonchev–Trinajstić information content (AvgIpc) is 3.18. The van der Waals surface area contributed by atoms with Gasteiger partial charge in [-0.1, -0.05) is 30.3 Å². The summed E-state index contributed by atoms with van der Waals surface area (Å²) in [5.41, 5.74) is 2.26. The second-order valence-corrected chi connectivity index (χ2v) is 6.04. The van der Waals surface area contributed by atoms with Crippen molar-refractivity contribution in [3.63, 3.8) is 0 Å². The van der Waals surface area contributed by atoms with Crippen molar-refractivity contribution in [1.82, 2.24) is 15.2 Å². The van der Waals surface area contributed by atoms with Crippen LogP contribution in [0.15, 0.2) is 42.6 Å². The first-order chi connectivity index (χ1) is 11.1. The molecule has 2 N–H and O–H groups in total. The standard InChI is InChI=1S/C18H21N3O2/c1-13(22)15-9-17(19-10-15)18(23)20-16-7-8-21(12-16)11-14-5-3-2-4-6-14/h2-6,9-10,16,19H,7-8,11-12H2,1H3,(H,20,23). The highest BCUT2D eigenvalue weighted by atomic mass is 16.2. The van der Waals surface area contributed by atoms with Gasteiger partial charge in [0.2, 0.25) is 0 Å². The fourth-order valence-corrected chi connectivity index (χ4v) is 2.93. The number of carbonyl (C=O) groups excluding carboxylic acids is 2. The number of aromatic amines is 1. The maximum absolute atomic E-state index is 12.2. The highest BCUT2D eigenvalue weighted by Crippen LogP contribution is 2.14. The molecule has 0 saturated carbocycles. The quantitative estimate of drug-likeness (QED) is 0.832. The Morgan fingerprint density at radius 3 is 2.78 bits per heavy atom. The molecule has 1 aromatic heterocycles. The molecular formula is C18H21N3O2. The number of rotatable bonds is 5. The van der Waals surface area contributed by atoms with Gasteiger partial charge in [-0.2, -0.15) is 0 Å². The van der Waals surface area contributed by atoms with Crippen molar-refractivity contribution in [3.8, 4) is 0 Å². The van der Waals surface area contributed by atoms with E-state index in [9.17, 15) is 9.59 Å². The van der Waals surface area contributed by atoms with E-state index in [0.717, 1.165) is 26.1 Å². The van der Waals surface area contributed by atoms with E-state index >= 15 is 0 Å². The van der Waals surface area contributed by atoms with Crippen molar-refractivity contribution in [2.45, 2.75) is 25.9 Å². The Hall–Kier alpha value is -2.40. The van der Waals surface area contributed by atoms with Crippen molar-refractivity contribution in [2.75, 3.05) is 13.1 Å². The number of ketones is 1. The number of nitrogens with zero attached hydrogens (tertiary/aromatic N) is 1. The Kier molecular flexibility index (Phi) is 4.57. The maximum Gasteiger partial charge on any atom is 0.267 e. The number of hydrogen-bond acceptors (Lipinski definition) is 3. The summed E-state index contributed by atoms with van der Waals surface area (Å²) < 4.78 is 0. The van der Waals surface area contributed by atoms with E-state index in [2.05, 4.69) is 27.3 Å². The molecule has 0 aliphatic carbocycles. The van der Waals surface area contributed by atoms with E-state index in [-0.39, 0.29) is 17.7 Å². The Balaban J connectivity index is 1.53. The third-order valence-corrected chi connectivity index (χ3v) is 4.19. The third kappa shape index (κ3) is 3.87. The number of nitrogens with one attached hydrogen (secondary N) is 2. The number of H-pyrrole nitrogens is 1. The Morgan fingerprint density at radius 1 is 1.30 bits per heavy atom. The molecule has 1 amide bonds. The molecule has 1 atom stereocenters. The molecule has 3 rings (SSSR count). The highest BCUT2D eigenvalue weighted by Gasteiger charge is 2.24. The minimum atomic E-state index is -0.149. The molecule has 1 aromatic carbocycles. The topological polar surface area (TPSA) is 65.2 Å². The van der Waals surface area contributed by atoms with Crippen LogP contribution in [-0.2, 0) is 6.54 Å². The lowest BCUT2D eigenvalue weighted by Gasteiger charge is -2.16. The van der Waals surface area contributed by atoms with Crippen LogP contribution in [0.4, 0.5) is 0 Å². The summed E-state index contributed by atoms with van der Waals surface area (Å²) in [5, 5.41) is 3.04. The first-order valence-electron chi connectivity index (χ1n) is 7.88. The molecule has 0 spiro atoms. The minimum Gasteiger partial charge on any atom is -0.356 e. The molecule has 5 nitrogen and oxygen atoms in total. The largest absolute Gasteiger partial charge is 0.356 e. The van der Waals surface area contributed by atoms with Gasteiger partial charge in [0.05, 0.1) is 0 Å². The van der Waals surface area contributed by atoms with Crippen LogP contribution in [0.3, 0.4) is 0 Å². The first kappa shape index (κ1) is 15.5. The molecule has 0 radical (unpaired) electrons. The van der Waals surface area contributed by atoms with E-state index in [1.54, 1.807) is 12.3 Å². The number of hydrogen-bond donors (Lipinski definition) is 2.